The Kier molecular flexibility index (Phi) is 9.12. The molecule has 42 heavy (non-hydrogen) atoms. The van der Waals surface area contributed by atoms with E-state index < -0.39 is 35.6 Å². The Morgan fingerprint density at radius 1 is 1.12 bits per heavy atom. The van der Waals surface area contributed by atoms with E-state index in [9.17, 15) is 31.9 Å². The summed E-state index contributed by atoms with van der Waals surface area (Å²) >= 11 is 0. The number of carbonyl (C=O) groups is 2. The molecular weight excluding hydrogens is 562 g/mol. The van der Waals surface area contributed by atoms with Crippen LogP contribution in [0.1, 0.15) is 46.1 Å². The first-order chi connectivity index (χ1) is 19.7. The third kappa shape index (κ3) is 7.21. The first kappa shape index (κ1) is 30.8. The molecule has 14 heteroatoms. The van der Waals surface area contributed by atoms with Gasteiger partial charge in [-0.2, -0.15) is 13.2 Å². The number of nitrogens with zero attached hydrogens (tertiary/aromatic N) is 4. The number of carbonyl (C=O) groups excluding carboxylic acids is 2. The zero-order chi connectivity index (χ0) is 30.8. The maximum Gasteiger partial charge on any atom is 0.419 e. The van der Waals surface area contributed by atoms with Crippen LogP contribution in [0.2, 0.25) is 0 Å². The van der Waals surface area contributed by atoms with Crippen LogP contribution in [0.25, 0.3) is 16.8 Å². The number of nitrogens with one attached hydrogen (secondary N) is 1. The number of likely N-dealkylation sites (tertiary alicyclic amines) is 1. The summed E-state index contributed by atoms with van der Waals surface area (Å²) in [6.45, 7) is 7.98. The van der Waals surface area contributed by atoms with Gasteiger partial charge >= 0.3 is 12.3 Å². The van der Waals surface area contributed by atoms with Crippen molar-refractivity contribution in [1.29, 1.82) is 0 Å². The fourth-order valence-electron chi connectivity index (χ4n) is 4.58. The summed E-state index contributed by atoms with van der Waals surface area (Å²) in [7, 11) is 0. The summed E-state index contributed by atoms with van der Waals surface area (Å²) < 4.78 is 67.8. The molecule has 0 unspecified atom stereocenters. The van der Waals surface area contributed by atoms with E-state index in [1.807, 2.05) is 13.8 Å². The number of aromatic nitrogens is 3. The predicted octanol–water partition coefficient (Wildman–Crippen LogP) is 4.48. The number of amides is 2. The average molecular weight is 596 g/mol. The van der Waals surface area contributed by atoms with Crippen molar-refractivity contribution in [3.05, 3.63) is 52.2 Å². The third-order valence-electron chi connectivity index (χ3n) is 6.56. The van der Waals surface area contributed by atoms with Crippen molar-refractivity contribution in [3.8, 4) is 17.1 Å². The topological polar surface area (TPSA) is 107 Å². The first-order valence-electron chi connectivity index (χ1n) is 13.6. The highest BCUT2D eigenvalue weighted by Crippen LogP contribution is 2.34. The second-order valence-electron chi connectivity index (χ2n) is 10.9. The number of hydrogen-bond donors (Lipinski definition) is 1. The molecule has 228 valence electrons. The van der Waals surface area contributed by atoms with Crippen LogP contribution in [0, 0.1) is 11.7 Å². The van der Waals surface area contributed by atoms with Gasteiger partial charge in [-0.25, -0.2) is 13.7 Å². The zero-order valence-electron chi connectivity index (χ0n) is 23.7. The van der Waals surface area contributed by atoms with Crippen LogP contribution in [0.15, 0.2) is 35.3 Å². The molecular formula is C28H33F4N5O5. The lowest BCUT2D eigenvalue weighted by Gasteiger charge is -2.31. The highest BCUT2D eigenvalue weighted by atomic mass is 19.4. The van der Waals surface area contributed by atoms with Gasteiger partial charge in [0.25, 0.3) is 5.56 Å². The zero-order valence-corrected chi connectivity index (χ0v) is 23.7. The molecule has 3 heterocycles. The number of piperidine rings is 1. The number of alkyl halides is 3. The van der Waals surface area contributed by atoms with E-state index in [1.54, 1.807) is 18.7 Å². The molecule has 1 aliphatic rings. The van der Waals surface area contributed by atoms with Gasteiger partial charge in [-0.15, -0.1) is 5.10 Å². The summed E-state index contributed by atoms with van der Waals surface area (Å²) in [5.41, 5.74) is -2.38. The molecule has 1 saturated heterocycles. The fourth-order valence-corrected chi connectivity index (χ4v) is 4.58. The number of halogens is 4. The van der Waals surface area contributed by atoms with Gasteiger partial charge < -0.3 is 19.7 Å². The predicted molar refractivity (Wildman–Crippen MR) is 145 cm³/mol. The normalized spacial score (nSPS) is 14.6. The lowest BCUT2D eigenvalue weighted by Crippen LogP contribution is -2.42. The average Bonchev–Trinajstić information content (AvgIpc) is 3.31. The lowest BCUT2D eigenvalue weighted by atomic mass is 10.1. The van der Waals surface area contributed by atoms with E-state index in [4.69, 9.17) is 9.47 Å². The first-order valence-corrected chi connectivity index (χ1v) is 13.6. The van der Waals surface area contributed by atoms with E-state index in [-0.39, 0.29) is 46.8 Å². The quantitative estimate of drug-likeness (QED) is 0.385. The summed E-state index contributed by atoms with van der Waals surface area (Å²) in [6.07, 6.45) is -3.39. The largest absolute Gasteiger partial charge is 0.473 e. The van der Waals surface area contributed by atoms with E-state index in [2.05, 4.69) is 10.4 Å². The Morgan fingerprint density at radius 3 is 2.43 bits per heavy atom. The standard InChI is InChI=1S/C28H33F4N5O5/c1-16(2)15-41-27(40)35-9-7-19(8-10-35)42-25-12-22-26(39)36(14-24(38)33-17(3)4)23(13-37(22)34-25)18-5-6-21(29)20(11-18)28(30,31)32/h5-6,11-13,16-17,19H,7-10,14-15H2,1-4H3,(H,33,38). The van der Waals surface area contributed by atoms with Gasteiger partial charge in [-0.1, -0.05) is 13.8 Å². The van der Waals surface area contributed by atoms with Crippen LogP contribution in [-0.2, 0) is 22.3 Å². The van der Waals surface area contributed by atoms with Crippen LogP contribution in [-0.4, -0.2) is 62.9 Å². The van der Waals surface area contributed by atoms with Crippen LogP contribution in [0.3, 0.4) is 0 Å². The molecule has 0 spiro atoms. The van der Waals surface area contributed by atoms with Gasteiger partial charge in [0.15, 0.2) is 0 Å². The number of ether oxygens (including phenoxy) is 2. The van der Waals surface area contributed by atoms with E-state index in [0.29, 0.717) is 44.7 Å². The highest BCUT2D eigenvalue weighted by molar-refractivity contribution is 5.77. The molecule has 3 aromatic rings. The molecule has 1 fully saturated rings. The molecule has 0 aliphatic carbocycles. The van der Waals surface area contributed by atoms with Crippen molar-refractivity contribution in [2.24, 2.45) is 5.92 Å². The molecule has 2 amide bonds. The minimum absolute atomic E-state index is 0.0268. The Morgan fingerprint density at radius 2 is 1.81 bits per heavy atom. The summed E-state index contributed by atoms with van der Waals surface area (Å²) in [6, 6.07) is 3.49. The monoisotopic (exact) mass is 595 g/mol. The molecule has 0 atom stereocenters. The van der Waals surface area contributed by atoms with Crippen LogP contribution in [0.5, 0.6) is 5.88 Å². The van der Waals surface area contributed by atoms with Crippen LogP contribution in [0.4, 0.5) is 22.4 Å². The maximum atomic E-state index is 14.0. The summed E-state index contributed by atoms with van der Waals surface area (Å²) in [4.78, 5) is 40.0. The van der Waals surface area contributed by atoms with E-state index >= 15 is 0 Å². The smallest absolute Gasteiger partial charge is 0.419 e. The van der Waals surface area contributed by atoms with Crippen molar-refractivity contribution in [2.75, 3.05) is 19.7 Å². The Balaban J connectivity index is 1.63. The van der Waals surface area contributed by atoms with E-state index in [0.717, 1.165) is 10.6 Å². The molecule has 4 rings (SSSR count). The molecule has 0 bridgehead atoms. The van der Waals surface area contributed by atoms with Gasteiger partial charge in [-0.05, 0) is 38.0 Å². The van der Waals surface area contributed by atoms with Crippen molar-refractivity contribution in [1.82, 2.24) is 24.4 Å². The lowest BCUT2D eigenvalue weighted by molar-refractivity contribution is -0.140. The molecule has 1 aromatic carbocycles. The number of fused-ring (bicyclic) bond motifs is 1. The SMILES string of the molecule is CC(C)COC(=O)N1CCC(Oc2cc3c(=O)n(CC(=O)NC(C)C)c(-c4ccc(F)c(C(F)(F)F)c4)cn3n2)CC1. The van der Waals surface area contributed by atoms with Crippen molar-refractivity contribution < 1.29 is 36.6 Å². The van der Waals surface area contributed by atoms with Gasteiger partial charge in [0, 0.05) is 43.6 Å². The number of rotatable bonds is 8. The van der Waals surface area contributed by atoms with E-state index in [1.165, 1.54) is 16.8 Å². The molecule has 0 saturated carbocycles. The number of hydrogen-bond acceptors (Lipinski definition) is 6. The fraction of sp³-hybridized carbons (Fsp3) is 0.500. The Hall–Kier alpha value is -4.10. The number of benzene rings is 1. The minimum Gasteiger partial charge on any atom is -0.473 e. The van der Waals surface area contributed by atoms with Gasteiger partial charge in [0.1, 0.15) is 24.0 Å². The molecule has 2 aromatic heterocycles. The summed E-state index contributed by atoms with van der Waals surface area (Å²) in [5.74, 6) is -1.69. The third-order valence-corrected chi connectivity index (χ3v) is 6.56. The Bertz CT molecular complexity index is 1510. The molecule has 0 radical (unpaired) electrons. The van der Waals surface area contributed by atoms with Gasteiger partial charge in [-0.3, -0.25) is 14.2 Å². The second-order valence-corrected chi connectivity index (χ2v) is 10.9. The van der Waals surface area contributed by atoms with Crippen molar-refractivity contribution in [2.45, 2.75) is 65.4 Å². The second kappa shape index (κ2) is 12.4. The van der Waals surface area contributed by atoms with Crippen LogP contribution < -0.4 is 15.6 Å². The molecule has 1 N–H and O–H groups in total. The highest BCUT2D eigenvalue weighted by Gasteiger charge is 2.34. The van der Waals surface area contributed by atoms with Crippen LogP contribution >= 0.6 is 0 Å². The van der Waals surface area contributed by atoms with Crippen molar-refractivity contribution in [3.63, 3.8) is 0 Å². The van der Waals surface area contributed by atoms with Crippen molar-refractivity contribution >= 4 is 17.5 Å². The van der Waals surface area contributed by atoms with Gasteiger partial charge in [0.2, 0.25) is 11.8 Å². The van der Waals surface area contributed by atoms with Gasteiger partial charge in [0.05, 0.1) is 24.1 Å². The Labute approximate surface area is 239 Å². The molecule has 1 aliphatic heterocycles. The minimum atomic E-state index is -4.97. The summed E-state index contributed by atoms with van der Waals surface area (Å²) in [5, 5.41) is 6.94. The maximum absolute atomic E-state index is 14.0. The molecule has 10 nitrogen and oxygen atoms in total.